The van der Waals surface area contributed by atoms with Crippen LogP contribution in [0.4, 0.5) is 5.69 Å². The van der Waals surface area contributed by atoms with Crippen LogP contribution < -0.4 is 9.64 Å². The van der Waals surface area contributed by atoms with Gasteiger partial charge in [-0.1, -0.05) is 60.1 Å². The number of likely N-dealkylation sites (N-methyl/N-ethyl adjacent to an activating group) is 1. The van der Waals surface area contributed by atoms with Crippen molar-refractivity contribution in [2.75, 3.05) is 25.0 Å². The number of hydrogen-bond donors (Lipinski definition) is 0. The fourth-order valence-corrected chi connectivity index (χ4v) is 3.48. The molecule has 0 saturated carbocycles. The molecule has 0 aliphatic carbocycles. The largest absolute Gasteiger partial charge is 0.488 e. The molecule has 146 valence electrons. The zero-order chi connectivity index (χ0) is 20.1. The quantitative estimate of drug-likeness (QED) is 0.533. The van der Waals surface area contributed by atoms with E-state index in [0.717, 1.165) is 46.3 Å². The number of nitrogens with zero attached hydrogens (tertiary/aromatic N) is 2. The summed E-state index contributed by atoms with van der Waals surface area (Å²) in [6.07, 6.45) is 4.17. The van der Waals surface area contributed by atoms with Gasteiger partial charge in [-0.05, 0) is 42.0 Å². The zero-order valence-corrected chi connectivity index (χ0v) is 17.1. The van der Waals surface area contributed by atoms with Gasteiger partial charge in [-0.15, -0.1) is 0 Å². The van der Waals surface area contributed by atoms with E-state index >= 15 is 0 Å². The van der Waals surface area contributed by atoms with Crippen molar-refractivity contribution in [3.05, 3.63) is 101 Å². The highest BCUT2D eigenvalue weighted by Crippen LogP contribution is 2.25. The average molecular weight is 403 g/mol. The highest BCUT2D eigenvalue weighted by molar-refractivity contribution is 6.30. The van der Waals surface area contributed by atoms with Gasteiger partial charge < -0.3 is 9.64 Å². The third-order valence-corrected chi connectivity index (χ3v) is 5.21. The summed E-state index contributed by atoms with van der Waals surface area (Å²) in [4.78, 5) is 7.05. The smallest absolute Gasteiger partial charge is 0.127 e. The van der Waals surface area contributed by atoms with Gasteiger partial charge in [0.05, 0.1) is 12.3 Å². The Kier molecular flexibility index (Phi) is 5.97. The maximum atomic E-state index is 6.07. The van der Waals surface area contributed by atoms with Gasteiger partial charge in [0.1, 0.15) is 12.4 Å². The fourth-order valence-electron chi connectivity index (χ4n) is 3.35. The predicted octanol–water partition coefficient (Wildman–Crippen LogP) is 5.87. The van der Waals surface area contributed by atoms with Crippen molar-refractivity contribution in [3.8, 4) is 5.75 Å². The maximum absolute atomic E-state index is 6.07. The summed E-state index contributed by atoms with van der Waals surface area (Å²) < 4.78 is 6.07. The fraction of sp³-hybridized carbons (Fsp3) is 0.160. The number of anilines is 1. The lowest BCUT2D eigenvalue weighted by molar-refractivity contribution is 0.305. The summed E-state index contributed by atoms with van der Waals surface area (Å²) in [5, 5.41) is 0.729. The van der Waals surface area contributed by atoms with E-state index in [0.29, 0.717) is 6.61 Å². The highest BCUT2D eigenvalue weighted by Gasteiger charge is 2.13. The number of ether oxygens (including phenoxy) is 1. The molecule has 0 radical (unpaired) electrons. The maximum Gasteiger partial charge on any atom is 0.127 e. The Hall–Kier alpha value is -3.04. The molecule has 29 heavy (non-hydrogen) atoms. The number of halogens is 1. The van der Waals surface area contributed by atoms with Gasteiger partial charge in [0.2, 0.25) is 0 Å². The Morgan fingerprint density at radius 1 is 0.966 bits per heavy atom. The van der Waals surface area contributed by atoms with Crippen molar-refractivity contribution < 1.29 is 4.74 Å². The van der Waals surface area contributed by atoms with Crippen molar-refractivity contribution >= 4 is 29.1 Å². The molecule has 0 atom stereocenters. The van der Waals surface area contributed by atoms with Crippen LogP contribution in [0.25, 0.3) is 6.08 Å². The average Bonchev–Trinajstić information content (AvgIpc) is 2.91. The third kappa shape index (κ3) is 4.69. The van der Waals surface area contributed by atoms with Gasteiger partial charge in [0.25, 0.3) is 0 Å². The number of hydrogen-bond acceptors (Lipinski definition) is 3. The standard InChI is InChI=1S/C25H23ClN2O/c1-28-17-16-27-23(22-7-3-4-8-24(22)28)15-12-20-6-2-5-9-25(20)29-18-19-10-13-21(26)14-11-19/h2-15H,16-18H2,1H3. The van der Waals surface area contributed by atoms with Crippen LogP contribution in [-0.2, 0) is 6.61 Å². The highest BCUT2D eigenvalue weighted by atomic mass is 35.5. The summed E-state index contributed by atoms with van der Waals surface area (Å²) >= 11 is 5.96. The molecule has 0 bridgehead atoms. The van der Waals surface area contributed by atoms with E-state index in [1.54, 1.807) is 0 Å². The molecule has 0 N–H and O–H groups in total. The van der Waals surface area contributed by atoms with Crippen LogP contribution in [0.3, 0.4) is 0 Å². The van der Waals surface area contributed by atoms with Gasteiger partial charge in [-0.2, -0.15) is 0 Å². The summed E-state index contributed by atoms with van der Waals surface area (Å²) in [5.41, 5.74) is 5.47. The molecule has 0 unspecified atom stereocenters. The Balaban J connectivity index is 1.55. The Morgan fingerprint density at radius 2 is 1.72 bits per heavy atom. The van der Waals surface area contributed by atoms with Gasteiger partial charge in [0, 0.05) is 35.4 Å². The van der Waals surface area contributed by atoms with E-state index in [9.17, 15) is 0 Å². The molecule has 1 aliphatic heterocycles. The summed E-state index contributed by atoms with van der Waals surface area (Å²) in [7, 11) is 2.11. The summed E-state index contributed by atoms with van der Waals surface area (Å²) in [5.74, 6) is 0.846. The molecule has 4 heteroatoms. The number of para-hydroxylation sites is 2. The van der Waals surface area contributed by atoms with E-state index < -0.39 is 0 Å². The molecule has 0 amide bonds. The van der Waals surface area contributed by atoms with Crippen molar-refractivity contribution in [2.24, 2.45) is 4.99 Å². The van der Waals surface area contributed by atoms with Gasteiger partial charge in [0.15, 0.2) is 0 Å². The molecule has 4 rings (SSSR count). The minimum Gasteiger partial charge on any atom is -0.488 e. The monoisotopic (exact) mass is 402 g/mol. The molecule has 3 aromatic rings. The van der Waals surface area contributed by atoms with E-state index in [-0.39, 0.29) is 0 Å². The molecule has 3 aromatic carbocycles. The van der Waals surface area contributed by atoms with Crippen LogP contribution in [-0.4, -0.2) is 25.8 Å². The first kappa shape index (κ1) is 19.3. The molecule has 1 heterocycles. The van der Waals surface area contributed by atoms with Crippen LogP contribution in [0.1, 0.15) is 16.7 Å². The van der Waals surface area contributed by atoms with Crippen LogP contribution in [0.15, 0.2) is 83.9 Å². The number of allylic oxidation sites excluding steroid dienone is 1. The van der Waals surface area contributed by atoms with Crippen molar-refractivity contribution in [3.63, 3.8) is 0 Å². The lowest BCUT2D eigenvalue weighted by Crippen LogP contribution is -2.20. The summed E-state index contributed by atoms with van der Waals surface area (Å²) in [6.45, 7) is 2.19. The number of aliphatic imine (C=N–C) groups is 1. The van der Waals surface area contributed by atoms with Gasteiger partial charge >= 0.3 is 0 Å². The second-order valence-corrected chi connectivity index (χ2v) is 7.43. The molecule has 1 aliphatic rings. The second-order valence-electron chi connectivity index (χ2n) is 6.99. The Bertz CT molecular complexity index is 1040. The first-order valence-electron chi connectivity index (χ1n) is 9.70. The SMILES string of the molecule is CN1CCN=C(C=Cc2ccccc2OCc2ccc(Cl)cc2)c2ccccc21. The van der Waals surface area contributed by atoms with Gasteiger partial charge in [-0.25, -0.2) is 0 Å². The van der Waals surface area contributed by atoms with Crippen molar-refractivity contribution in [1.29, 1.82) is 0 Å². The van der Waals surface area contributed by atoms with Crippen LogP contribution in [0.5, 0.6) is 5.75 Å². The first-order valence-corrected chi connectivity index (χ1v) is 10.1. The van der Waals surface area contributed by atoms with E-state index in [1.165, 1.54) is 5.69 Å². The molecular formula is C25H23ClN2O. The van der Waals surface area contributed by atoms with Crippen LogP contribution >= 0.6 is 11.6 Å². The minimum atomic E-state index is 0.497. The Labute approximate surface area is 176 Å². The van der Waals surface area contributed by atoms with E-state index in [4.69, 9.17) is 21.3 Å². The summed E-state index contributed by atoms with van der Waals surface area (Å²) in [6, 6.07) is 24.2. The van der Waals surface area contributed by atoms with E-state index in [2.05, 4.69) is 54.4 Å². The third-order valence-electron chi connectivity index (χ3n) is 4.96. The van der Waals surface area contributed by atoms with Crippen molar-refractivity contribution in [2.45, 2.75) is 6.61 Å². The predicted molar refractivity (Wildman–Crippen MR) is 122 cm³/mol. The minimum absolute atomic E-state index is 0.497. The second kappa shape index (κ2) is 8.97. The number of benzene rings is 3. The van der Waals surface area contributed by atoms with Crippen LogP contribution in [0, 0.1) is 0 Å². The lowest BCUT2D eigenvalue weighted by atomic mass is 10.1. The molecule has 3 nitrogen and oxygen atoms in total. The lowest BCUT2D eigenvalue weighted by Gasteiger charge is -2.18. The Morgan fingerprint density at radius 3 is 2.59 bits per heavy atom. The van der Waals surface area contributed by atoms with Gasteiger partial charge in [-0.3, -0.25) is 4.99 Å². The normalized spacial score (nSPS) is 13.7. The number of benzodiazepines with no additional fused rings is 1. The number of fused-ring (bicyclic) bond motifs is 1. The topological polar surface area (TPSA) is 24.8 Å². The zero-order valence-electron chi connectivity index (χ0n) is 16.4. The molecule has 0 spiro atoms. The molecule has 0 saturated heterocycles. The molecule has 0 aromatic heterocycles. The molecular weight excluding hydrogens is 380 g/mol. The molecule has 0 fully saturated rings. The van der Waals surface area contributed by atoms with Crippen LogP contribution in [0.2, 0.25) is 5.02 Å². The van der Waals surface area contributed by atoms with E-state index in [1.807, 2.05) is 42.5 Å². The number of rotatable bonds is 5. The van der Waals surface area contributed by atoms with Crippen molar-refractivity contribution in [1.82, 2.24) is 0 Å². The first-order chi connectivity index (χ1) is 14.2.